The highest BCUT2D eigenvalue weighted by Crippen LogP contribution is 2.18. The van der Waals surface area contributed by atoms with E-state index in [0.29, 0.717) is 12.1 Å². The smallest absolute Gasteiger partial charge is 0.0586 e. The molecule has 0 bridgehead atoms. The fourth-order valence-corrected chi connectivity index (χ4v) is 1.40. The fourth-order valence-electron chi connectivity index (χ4n) is 1.40. The van der Waals surface area contributed by atoms with Gasteiger partial charge in [0.1, 0.15) is 0 Å². The summed E-state index contributed by atoms with van der Waals surface area (Å²) >= 11 is 0. The molecule has 1 aliphatic carbocycles. The summed E-state index contributed by atoms with van der Waals surface area (Å²) < 4.78 is 5.18. The minimum absolute atomic E-state index is 0.392. The number of methoxy groups -OCH3 is 1. The molecular formula is C7H15NO. The lowest BCUT2D eigenvalue weighted by atomic mass is 9.94. The van der Waals surface area contributed by atoms with Gasteiger partial charge in [-0.2, -0.15) is 0 Å². The van der Waals surface area contributed by atoms with Gasteiger partial charge >= 0.3 is 0 Å². The first-order valence-corrected chi connectivity index (χ1v) is 3.61. The van der Waals surface area contributed by atoms with Gasteiger partial charge in [-0.3, -0.25) is 0 Å². The highest BCUT2D eigenvalue weighted by atomic mass is 16.5. The lowest BCUT2D eigenvalue weighted by Crippen LogP contribution is -2.31. The summed E-state index contributed by atoms with van der Waals surface area (Å²) in [7, 11) is 1.77. The number of hydrogen-bond donors (Lipinski definition) is 1. The monoisotopic (exact) mass is 129 g/mol. The van der Waals surface area contributed by atoms with Crippen molar-refractivity contribution >= 4 is 0 Å². The topological polar surface area (TPSA) is 35.2 Å². The molecule has 1 aliphatic rings. The average molecular weight is 129 g/mol. The summed E-state index contributed by atoms with van der Waals surface area (Å²) in [5.74, 6) is 0. The Labute approximate surface area is 56.4 Å². The Kier molecular flexibility index (Phi) is 2.49. The molecule has 0 aromatic carbocycles. The predicted molar refractivity (Wildman–Crippen MR) is 37.2 cm³/mol. The third-order valence-electron chi connectivity index (χ3n) is 2.00. The molecule has 0 amide bonds. The van der Waals surface area contributed by atoms with E-state index in [-0.39, 0.29) is 0 Å². The van der Waals surface area contributed by atoms with Crippen molar-refractivity contribution < 1.29 is 4.74 Å². The molecule has 2 heteroatoms. The van der Waals surface area contributed by atoms with Crippen LogP contribution in [0.15, 0.2) is 0 Å². The van der Waals surface area contributed by atoms with E-state index in [1.54, 1.807) is 7.11 Å². The maximum Gasteiger partial charge on any atom is 0.0586 e. The van der Waals surface area contributed by atoms with Crippen molar-refractivity contribution in [3.8, 4) is 0 Å². The number of rotatable bonds is 1. The maximum absolute atomic E-state index is 5.72. The molecule has 1 fully saturated rings. The first kappa shape index (κ1) is 7.03. The van der Waals surface area contributed by atoms with Crippen LogP contribution in [0, 0.1) is 0 Å². The van der Waals surface area contributed by atoms with Crippen LogP contribution in [-0.4, -0.2) is 19.3 Å². The summed E-state index contributed by atoms with van der Waals surface area (Å²) in [6.07, 6.45) is 5.11. The Morgan fingerprint density at radius 3 is 2.67 bits per heavy atom. The van der Waals surface area contributed by atoms with Gasteiger partial charge in [0.2, 0.25) is 0 Å². The SMILES string of the molecule is CO[C@H]1CCC[C@@H](N)C1. The minimum atomic E-state index is 0.392. The second-order valence-corrected chi connectivity index (χ2v) is 2.78. The molecule has 0 heterocycles. The van der Waals surface area contributed by atoms with Crippen molar-refractivity contribution in [3.05, 3.63) is 0 Å². The maximum atomic E-state index is 5.72. The van der Waals surface area contributed by atoms with Crippen LogP contribution in [-0.2, 0) is 4.74 Å². The number of nitrogens with two attached hydrogens (primary N) is 1. The van der Waals surface area contributed by atoms with Crippen LogP contribution in [0.3, 0.4) is 0 Å². The van der Waals surface area contributed by atoms with E-state index < -0.39 is 0 Å². The highest BCUT2D eigenvalue weighted by Gasteiger charge is 2.17. The number of hydrogen-bond acceptors (Lipinski definition) is 2. The molecule has 0 radical (unpaired) electrons. The molecule has 0 aromatic rings. The van der Waals surface area contributed by atoms with Crippen molar-refractivity contribution in [2.75, 3.05) is 7.11 Å². The summed E-state index contributed by atoms with van der Waals surface area (Å²) in [4.78, 5) is 0. The van der Waals surface area contributed by atoms with E-state index in [1.165, 1.54) is 19.3 Å². The molecule has 2 atom stereocenters. The Balaban J connectivity index is 2.23. The molecule has 54 valence electrons. The third kappa shape index (κ3) is 1.95. The quantitative estimate of drug-likeness (QED) is 0.571. The molecule has 0 unspecified atom stereocenters. The van der Waals surface area contributed by atoms with Crippen LogP contribution in [0.25, 0.3) is 0 Å². The summed E-state index contributed by atoms with van der Waals surface area (Å²) in [5.41, 5.74) is 5.72. The summed E-state index contributed by atoms with van der Waals surface area (Å²) in [5, 5.41) is 0. The normalized spacial score (nSPS) is 36.7. The van der Waals surface area contributed by atoms with E-state index >= 15 is 0 Å². The van der Waals surface area contributed by atoms with E-state index in [1.807, 2.05) is 0 Å². The first-order chi connectivity index (χ1) is 4.33. The van der Waals surface area contributed by atoms with Crippen molar-refractivity contribution in [1.29, 1.82) is 0 Å². The standard InChI is InChI=1S/C7H15NO/c1-9-7-4-2-3-6(8)5-7/h6-7H,2-5,8H2,1H3/t6-,7+/m1/s1. The first-order valence-electron chi connectivity index (χ1n) is 3.61. The zero-order chi connectivity index (χ0) is 6.69. The van der Waals surface area contributed by atoms with Gasteiger partial charge in [-0.25, -0.2) is 0 Å². The lowest BCUT2D eigenvalue weighted by Gasteiger charge is -2.24. The van der Waals surface area contributed by atoms with Crippen LogP contribution in [0.4, 0.5) is 0 Å². The van der Waals surface area contributed by atoms with Crippen molar-refractivity contribution in [2.24, 2.45) is 5.73 Å². The summed E-state index contributed by atoms with van der Waals surface area (Å²) in [6, 6.07) is 0.392. The van der Waals surface area contributed by atoms with E-state index in [2.05, 4.69) is 0 Å². The Morgan fingerprint density at radius 1 is 1.44 bits per heavy atom. The predicted octanol–water partition coefficient (Wildman–Crippen LogP) is 0.903. The van der Waals surface area contributed by atoms with Crippen LogP contribution < -0.4 is 5.73 Å². The second-order valence-electron chi connectivity index (χ2n) is 2.78. The zero-order valence-electron chi connectivity index (χ0n) is 5.97. The van der Waals surface area contributed by atoms with E-state index in [0.717, 1.165) is 6.42 Å². The van der Waals surface area contributed by atoms with E-state index in [4.69, 9.17) is 10.5 Å². The van der Waals surface area contributed by atoms with E-state index in [9.17, 15) is 0 Å². The molecule has 9 heavy (non-hydrogen) atoms. The van der Waals surface area contributed by atoms with Gasteiger partial charge < -0.3 is 10.5 Å². The molecule has 0 saturated heterocycles. The minimum Gasteiger partial charge on any atom is -0.381 e. The molecule has 1 rings (SSSR count). The van der Waals surface area contributed by atoms with Crippen LogP contribution in [0.5, 0.6) is 0 Å². The second kappa shape index (κ2) is 3.18. The Hall–Kier alpha value is -0.0800. The fraction of sp³-hybridized carbons (Fsp3) is 1.00. The molecule has 2 N–H and O–H groups in total. The van der Waals surface area contributed by atoms with Gasteiger partial charge in [0.25, 0.3) is 0 Å². The summed E-state index contributed by atoms with van der Waals surface area (Å²) in [6.45, 7) is 0. The van der Waals surface area contributed by atoms with Gasteiger partial charge in [0, 0.05) is 13.2 Å². The Bertz CT molecular complexity index is 85.0. The lowest BCUT2D eigenvalue weighted by molar-refractivity contribution is 0.0645. The third-order valence-corrected chi connectivity index (χ3v) is 2.00. The molecular weight excluding hydrogens is 114 g/mol. The largest absolute Gasteiger partial charge is 0.381 e. The van der Waals surface area contributed by atoms with Crippen LogP contribution in [0.2, 0.25) is 0 Å². The van der Waals surface area contributed by atoms with Crippen molar-refractivity contribution in [2.45, 2.75) is 37.8 Å². The van der Waals surface area contributed by atoms with Crippen LogP contribution in [0.1, 0.15) is 25.7 Å². The van der Waals surface area contributed by atoms with Gasteiger partial charge in [0.05, 0.1) is 6.10 Å². The molecule has 2 nitrogen and oxygen atoms in total. The number of ether oxygens (including phenoxy) is 1. The molecule has 0 aromatic heterocycles. The van der Waals surface area contributed by atoms with Gasteiger partial charge in [-0.05, 0) is 25.7 Å². The average Bonchev–Trinajstić information content (AvgIpc) is 1.88. The molecule has 0 aliphatic heterocycles. The molecule has 0 spiro atoms. The van der Waals surface area contributed by atoms with Gasteiger partial charge in [-0.1, -0.05) is 0 Å². The zero-order valence-corrected chi connectivity index (χ0v) is 5.97. The van der Waals surface area contributed by atoms with Crippen molar-refractivity contribution in [3.63, 3.8) is 0 Å². The van der Waals surface area contributed by atoms with Gasteiger partial charge in [-0.15, -0.1) is 0 Å². The van der Waals surface area contributed by atoms with Crippen molar-refractivity contribution in [1.82, 2.24) is 0 Å². The highest BCUT2D eigenvalue weighted by molar-refractivity contribution is 4.74. The molecule has 1 saturated carbocycles. The van der Waals surface area contributed by atoms with Gasteiger partial charge in [0.15, 0.2) is 0 Å². The Morgan fingerprint density at radius 2 is 2.22 bits per heavy atom. The van der Waals surface area contributed by atoms with Crippen LogP contribution >= 0.6 is 0 Å².